The molecule has 13 nitrogen and oxygen atoms in total. The number of nitro groups is 1. The zero-order valence-corrected chi connectivity index (χ0v) is 31.3. The molecule has 1 saturated heterocycles. The Kier molecular flexibility index (Phi) is 17.8. The summed E-state index contributed by atoms with van der Waals surface area (Å²) in [5.41, 5.74) is 2.21. The van der Waals surface area contributed by atoms with Gasteiger partial charge < -0.3 is 38.4 Å². The largest absolute Gasteiger partial charge is 1.00 e. The molecule has 2 aliphatic heterocycles. The zero-order chi connectivity index (χ0) is 33.5. The summed E-state index contributed by atoms with van der Waals surface area (Å²) in [6.07, 6.45) is 3.36. The summed E-state index contributed by atoms with van der Waals surface area (Å²) in [6.45, 7) is 9.89. The third-order valence-corrected chi connectivity index (χ3v) is 7.94. The maximum absolute atomic E-state index is 13.9. The van der Waals surface area contributed by atoms with Crippen LogP contribution in [0.5, 0.6) is 5.75 Å². The Hall–Kier alpha value is -2.08. The molecule has 256 valence electrons. The maximum atomic E-state index is 13.9. The van der Waals surface area contributed by atoms with Crippen LogP contribution in [0.25, 0.3) is 6.08 Å². The van der Waals surface area contributed by atoms with E-state index in [9.17, 15) is 20.0 Å². The second-order valence-corrected chi connectivity index (χ2v) is 11.5. The molecule has 1 amide bonds. The number of carbonyl (C=O) groups excluding carboxylic acids is 1. The van der Waals surface area contributed by atoms with Gasteiger partial charge in [0.2, 0.25) is 12.2 Å². The Morgan fingerprint density at radius 3 is 1.83 bits per heavy atom. The minimum Gasteiger partial charge on any atom is -0.872 e. The van der Waals surface area contributed by atoms with E-state index in [1.54, 1.807) is 17.1 Å². The van der Waals surface area contributed by atoms with Crippen molar-refractivity contribution in [1.82, 2.24) is 4.90 Å². The van der Waals surface area contributed by atoms with Gasteiger partial charge in [-0.15, -0.1) is 5.75 Å². The van der Waals surface area contributed by atoms with Crippen LogP contribution in [-0.2, 0) is 38.6 Å². The minimum atomic E-state index is -0.530. The first-order valence-electron chi connectivity index (χ1n) is 15.9. The van der Waals surface area contributed by atoms with Gasteiger partial charge in [0.05, 0.1) is 89.6 Å². The van der Waals surface area contributed by atoms with E-state index in [1.165, 1.54) is 18.2 Å². The number of hydrogen-bond acceptors (Lipinski definition) is 10. The molecule has 2 aromatic rings. The second kappa shape index (κ2) is 21.2. The smallest absolute Gasteiger partial charge is 0.872 e. The fourth-order valence-electron chi connectivity index (χ4n) is 5.41. The molecule has 0 aliphatic carbocycles. The number of carbonyl (C=O) groups is 1. The number of para-hydroxylation sites is 1. The SMILES string of the molecule is CC1(C)C(/C=C/c2cc([N+](=O)[O-])ccc2[O-])=[N+](CC(=O)N2CCOCCOCCOCCOCCOCCOCC2)c2ccccc21.[K+]. The average Bonchev–Trinajstić information content (AvgIpc) is 3.26. The van der Waals surface area contributed by atoms with Crippen molar-refractivity contribution in [1.29, 1.82) is 0 Å². The van der Waals surface area contributed by atoms with Crippen molar-refractivity contribution in [2.45, 2.75) is 19.3 Å². The third kappa shape index (κ3) is 12.1. The van der Waals surface area contributed by atoms with Crippen LogP contribution >= 0.6 is 0 Å². The molecule has 0 spiro atoms. The number of benzene rings is 2. The van der Waals surface area contributed by atoms with Gasteiger partial charge >= 0.3 is 51.4 Å². The fourth-order valence-corrected chi connectivity index (χ4v) is 5.41. The topological polar surface area (TPSA) is 145 Å². The molecule has 2 aliphatic rings. The molecule has 48 heavy (non-hydrogen) atoms. The van der Waals surface area contributed by atoms with Crippen molar-refractivity contribution in [3.8, 4) is 5.75 Å². The zero-order valence-electron chi connectivity index (χ0n) is 28.2. The van der Waals surface area contributed by atoms with Crippen molar-refractivity contribution in [3.05, 3.63) is 69.8 Å². The van der Waals surface area contributed by atoms with Crippen LogP contribution in [0.15, 0.2) is 48.5 Å². The summed E-state index contributed by atoms with van der Waals surface area (Å²) < 4.78 is 35.6. The number of nitro benzene ring substituents is 1. The molecule has 0 N–H and O–H groups in total. The van der Waals surface area contributed by atoms with Crippen molar-refractivity contribution in [3.63, 3.8) is 0 Å². The van der Waals surface area contributed by atoms with Crippen molar-refractivity contribution < 1.29 is 99.2 Å². The molecule has 0 radical (unpaired) electrons. The number of nitrogens with zero attached hydrogens (tertiary/aromatic N) is 3. The third-order valence-electron chi connectivity index (χ3n) is 7.94. The van der Waals surface area contributed by atoms with Crippen molar-refractivity contribution >= 4 is 29.1 Å². The van der Waals surface area contributed by atoms with Crippen LogP contribution < -0.4 is 56.5 Å². The van der Waals surface area contributed by atoms with E-state index in [2.05, 4.69) is 0 Å². The van der Waals surface area contributed by atoms with Gasteiger partial charge in [-0.2, -0.15) is 4.58 Å². The van der Waals surface area contributed by atoms with Gasteiger partial charge in [0.1, 0.15) is 0 Å². The molecular formula is C34H45KN3O10+. The van der Waals surface area contributed by atoms with E-state index in [0.29, 0.717) is 92.4 Å². The molecule has 4 rings (SSSR count). The molecule has 0 aromatic heterocycles. The first-order valence-corrected chi connectivity index (χ1v) is 15.9. The van der Waals surface area contributed by atoms with Gasteiger partial charge in [0.15, 0.2) is 5.71 Å². The van der Waals surface area contributed by atoms with Gasteiger partial charge in [-0.25, -0.2) is 0 Å². The normalized spacial score (nSPS) is 19.2. The number of allylic oxidation sites excluding steroid dienone is 1. The van der Waals surface area contributed by atoms with Gasteiger partial charge in [-0.1, -0.05) is 24.3 Å². The fraction of sp³-hybridized carbons (Fsp3) is 0.529. The first-order chi connectivity index (χ1) is 22.8. The second-order valence-electron chi connectivity index (χ2n) is 11.5. The van der Waals surface area contributed by atoms with Crippen LogP contribution in [0.1, 0.15) is 25.0 Å². The number of fused-ring (bicyclic) bond motifs is 1. The van der Waals surface area contributed by atoms with Crippen molar-refractivity contribution in [2.75, 3.05) is 98.9 Å². The van der Waals surface area contributed by atoms with Crippen LogP contribution in [0.3, 0.4) is 0 Å². The Bertz CT molecular complexity index is 1380. The quantitative estimate of drug-likeness (QED) is 0.177. The Labute approximate surface area is 324 Å². The summed E-state index contributed by atoms with van der Waals surface area (Å²) in [5, 5.41) is 23.9. The van der Waals surface area contributed by atoms with E-state index in [-0.39, 0.29) is 80.8 Å². The van der Waals surface area contributed by atoms with Crippen LogP contribution in [0.2, 0.25) is 0 Å². The van der Waals surface area contributed by atoms with Gasteiger partial charge in [0, 0.05) is 42.9 Å². The van der Waals surface area contributed by atoms with E-state index in [4.69, 9.17) is 28.4 Å². The molecule has 1 fully saturated rings. The number of rotatable bonds is 5. The maximum Gasteiger partial charge on any atom is 1.00 e. The van der Waals surface area contributed by atoms with Crippen molar-refractivity contribution in [2.24, 2.45) is 0 Å². The molecule has 0 bridgehead atoms. The Balaban J connectivity index is 0.00000625. The number of non-ortho nitro benzene ring substituents is 1. The summed E-state index contributed by atoms with van der Waals surface area (Å²) in [4.78, 5) is 26.4. The van der Waals surface area contributed by atoms with Crippen LogP contribution in [-0.4, -0.2) is 125 Å². The van der Waals surface area contributed by atoms with E-state index < -0.39 is 10.3 Å². The summed E-state index contributed by atoms with van der Waals surface area (Å²) in [6, 6.07) is 11.5. The minimum absolute atomic E-state index is 0. The van der Waals surface area contributed by atoms with Crippen LogP contribution in [0, 0.1) is 10.1 Å². The van der Waals surface area contributed by atoms with E-state index in [1.807, 2.05) is 42.7 Å². The van der Waals surface area contributed by atoms with Crippen LogP contribution in [0.4, 0.5) is 11.4 Å². The van der Waals surface area contributed by atoms with E-state index >= 15 is 0 Å². The Morgan fingerprint density at radius 1 is 0.812 bits per heavy atom. The molecule has 0 saturated carbocycles. The van der Waals surface area contributed by atoms with Gasteiger partial charge in [-0.3, -0.25) is 14.9 Å². The number of hydrogen-bond donors (Lipinski definition) is 0. The standard InChI is InChI=1S/C34H45N3O10.K/c1-34(2)29-5-3-4-6-30(29)36(32(34)10-7-27-25-28(37(40)41)8-9-31(27)38)26-33(39)35-11-13-42-15-17-44-19-21-46-23-24-47-22-20-45-18-16-43-14-12-35;/h3-10,25H,11-24,26H2,1-2H3;/q;+1. The first kappa shape index (κ1) is 40.3. The molecule has 2 heterocycles. The Morgan fingerprint density at radius 2 is 1.31 bits per heavy atom. The van der Waals surface area contributed by atoms with Gasteiger partial charge in [-0.05, 0) is 25.5 Å². The summed E-state index contributed by atoms with van der Waals surface area (Å²) >= 11 is 0. The summed E-state index contributed by atoms with van der Waals surface area (Å²) in [5.74, 6) is -0.457. The summed E-state index contributed by atoms with van der Waals surface area (Å²) in [7, 11) is 0. The molecule has 14 heteroatoms. The number of amides is 1. The average molecular weight is 695 g/mol. The molecule has 0 unspecified atom stereocenters. The molecule has 2 aromatic carbocycles. The molecule has 0 atom stereocenters. The predicted molar refractivity (Wildman–Crippen MR) is 172 cm³/mol. The predicted octanol–water partition coefficient (Wildman–Crippen LogP) is -0.296. The molecular weight excluding hydrogens is 649 g/mol. The van der Waals surface area contributed by atoms with Gasteiger partial charge in [0.25, 0.3) is 11.6 Å². The number of ether oxygens (including phenoxy) is 6. The van der Waals surface area contributed by atoms with E-state index in [0.717, 1.165) is 17.0 Å². The monoisotopic (exact) mass is 694 g/mol.